The van der Waals surface area contributed by atoms with Gasteiger partial charge in [0.25, 0.3) is 0 Å². The van der Waals surface area contributed by atoms with Gasteiger partial charge < -0.3 is 10.2 Å². The van der Waals surface area contributed by atoms with Crippen LogP contribution in [0.2, 0.25) is 0 Å². The third-order valence-corrected chi connectivity index (χ3v) is 4.02. The molecule has 0 aliphatic carbocycles. The predicted octanol–water partition coefficient (Wildman–Crippen LogP) is 4.13. The van der Waals surface area contributed by atoms with Gasteiger partial charge in [0.15, 0.2) is 0 Å². The van der Waals surface area contributed by atoms with Crippen LogP contribution < -0.4 is 10.2 Å². The Bertz CT molecular complexity index is 587. The first kappa shape index (κ1) is 14.2. The van der Waals surface area contributed by atoms with Crippen LogP contribution in [0.4, 0.5) is 11.4 Å². The van der Waals surface area contributed by atoms with Gasteiger partial charge in [-0.1, -0.05) is 44.2 Å². The zero-order valence-corrected chi connectivity index (χ0v) is 13.0. The van der Waals surface area contributed by atoms with E-state index >= 15 is 0 Å². The highest BCUT2D eigenvalue weighted by atomic mass is 15.2. The number of nitrogens with one attached hydrogen (secondary N) is 1. The van der Waals surface area contributed by atoms with Gasteiger partial charge in [0.2, 0.25) is 0 Å². The first-order valence-electron chi connectivity index (χ1n) is 7.89. The Kier molecular flexibility index (Phi) is 4.26. The van der Waals surface area contributed by atoms with E-state index in [2.05, 4.69) is 72.6 Å². The van der Waals surface area contributed by atoms with E-state index in [0.717, 1.165) is 26.1 Å². The summed E-state index contributed by atoms with van der Waals surface area (Å²) < 4.78 is 0. The van der Waals surface area contributed by atoms with Crippen molar-refractivity contribution in [2.24, 2.45) is 5.92 Å². The van der Waals surface area contributed by atoms with Gasteiger partial charge in [-0.25, -0.2) is 0 Å². The first-order valence-corrected chi connectivity index (χ1v) is 7.89. The molecule has 3 rings (SSSR count). The summed E-state index contributed by atoms with van der Waals surface area (Å²) in [5.74, 6) is 0.699. The number of nitrogens with zero attached hydrogens (tertiary/aromatic N) is 1. The van der Waals surface area contributed by atoms with E-state index in [9.17, 15) is 0 Å². The Morgan fingerprint density at radius 1 is 1.05 bits per heavy atom. The molecule has 0 radical (unpaired) electrons. The average Bonchev–Trinajstić information content (AvgIpc) is 2.92. The Hall–Kier alpha value is -1.80. The van der Waals surface area contributed by atoms with Gasteiger partial charge in [-0.2, -0.15) is 0 Å². The smallest absolute Gasteiger partial charge is 0.0444 e. The number of anilines is 2. The molecule has 0 bridgehead atoms. The second-order valence-electron chi connectivity index (χ2n) is 6.22. The van der Waals surface area contributed by atoms with Crippen LogP contribution in [0.5, 0.6) is 0 Å². The molecule has 2 heteroatoms. The summed E-state index contributed by atoms with van der Waals surface area (Å²) >= 11 is 0. The second-order valence-corrected chi connectivity index (χ2v) is 6.22. The fraction of sp³-hybridized carbons (Fsp3) is 0.368. The van der Waals surface area contributed by atoms with Crippen molar-refractivity contribution in [1.29, 1.82) is 0 Å². The Labute approximate surface area is 127 Å². The highest BCUT2D eigenvalue weighted by molar-refractivity contribution is 5.69. The van der Waals surface area contributed by atoms with Gasteiger partial charge in [-0.3, -0.25) is 0 Å². The van der Waals surface area contributed by atoms with Crippen molar-refractivity contribution < 1.29 is 0 Å². The number of para-hydroxylation sites is 1. The van der Waals surface area contributed by atoms with Crippen molar-refractivity contribution in [3.8, 4) is 0 Å². The molecule has 1 aliphatic heterocycles. The van der Waals surface area contributed by atoms with Crippen LogP contribution in [0.15, 0.2) is 48.5 Å². The molecular weight excluding hydrogens is 256 g/mol. The molecule has 0 fully saturated rings. The van der Waals surface area contributed by atoms with Crippen molar-refractivity contribution in [2.75, 3.05) is 18.0 Å². The zero-order chi connectivity index (χ0) is 14.7. The predicted molar refractivity (Wildman–Crippen MR) is 90.1 cm³/mol. The van der Waals surface area contributed by atoms with Gasteiger partial charge in [0, 0.05) is 24.5 Å². The van der Waals surface area contributed by atoms with Crippen LogP contribution in [0.3, 0.4) is 0 Å². The lowest BCUT2D eigenvalue weighted by Crippen LogP contribution is -2.19. The number of benzene rings is 2. The Morgan fingerprint density at radius 3 is 2.57 bits per heavy atom. The summed E-state index contributed by atoms with van der Waals surface area (Å²) in [5.41, 5.74) is 5.47. The number of fused-ring (bicyclic) bond motifs is 1. The minimum Gasteiger partial charge on any atom is -0.341 e. The minimum atomic E-state index is 0.699. The van der Waals surface area contributed by atoms with Crippen LogP contribution in [0.1, 0.15) is 25.0 Å². The van der Waals surface area contributed by atoms with E-state index in [-0.39, 0.29) is 0 Å². The summed E-state index contributed by atoms with van der Waals surface area (Å²) in [5, 5.41) is 3.49. The van der Waals surface area contributed by atoms with Crippen LogP contribution >= 0.6 is 0 Å². The van der Waals surface area contributed by atoms with Crippen molar-refractivity contribution in [3.63, 3.8) is 0 Å². The van der Waals surface area contributed by atoms with Crippen LogP contribution in [-0.4, -0.2) is 13.1 Å². The normalized spacial score (nSPS) is 13.8. The van der Waals surface area contributed by atoms with Gasteiger partial charge >= 0.3 is 0 Å². The topological polar surface area (TPSA) is 15.3 Å². The van der Waals surface area contributed by atoms with Crippen molar-refractivity contribution in [2.45, 2.75) is 26.8 Å². The molecule has 2 aromatic carbocycles. The third-order valence-electron chi connectivity index (χ3n) is 4.02. The molecule has 21 heavy (non-hydrogen) atoms. The van der Waals surface area contributed by atoms with E-state index in [4.69, 9.17) is 0 Å². The molecular formula is C19H24N2. The monoisotopic (exact) mass is 280 g/mol. The molecule has 0 aromatic heterocycles. The minimum absolute atomic E-state index is 0.699. The molecule has 1 heterocycles. The second kappa shape index (κ2) is 6.31. The largest absolute Gasteiger partial charge is 0.341 e. The Balaban J connectivity index is 1.68. The van der Waals surface area contributed by atoms with Crippen molar-refractivity contribution in [1.82, 2.24) is 5.32 Å². The maximum atomic E-state index is 3.49. The fourth-order valence-electron chi connectivity index (χ4n) is 2.91. The van der Waals surface area contributed by atoms with Crippen molar-refractivity contribution >= 4 is 11.4 Å². The first-order chi connectivity index (χ1) is 10.2. The van der Waals surface area contributed by atoms with E-state index in [1.165, 1.54) is 22.5 Å². The lowest BCUT2D eigenvalue weighted by Gasteiger charge is -2.20. The highest BCUT2D eigenvalue weighted by Gasteiger charge is 2.19. The molecule has 1 N–H and O–H groups in total. The van der Waals surface area contributed by atoms with Crippen LogP contribution in [0, 0.1) is 5.92 Å². The summed E-state index contributed by atoms with van der Waals surface area (Å²) in [6.07, 6.45) is 1.15. The van der Waals surface area contributed by atoms with Crippen LogP contribution in [0.25, 0.3) is 0 Å². The fourth-order valence-corrected chi connectivity index (χ4v) is 2.91. The van der Waals surface area contributed by atoms with Crippen LogP contribution in [-0.2, 0) is 13.0 Å². The molecule has 0 spiro atoms. The van der Waals surface area contributed by atoms with Gasteiger partial charge in [-0.15, -0.1) is 0 Å². The van der Waals surface area contributed by atoms with E-state index in [1.807, 2.05) is 0 Å². The molecule has 0 saturated heterocycles. The maximum Gasteiger partial charge on any atom is 0.0444 e. The molecule has 0 unspecified atom stereocenters. The maximum absolute atomic E-state index is 3.49. The third kappa shape index (κ3) is 3.27. The number of rotatable bonds is 5. The van der Waals surface area contributed by atoms with Crippen molar-refractivity contribution in [3.05, 3.63) is 59.7 Å². The standard InChI is InChI=1S/C19H24N2/c1-15(2)13-20-14-16-7-9-18(10-8-16)21-12-11-17-5-3-4-6-19(17)21/h3-10,15,20H,11-14H2,1-2H3. The van der Waals surface area contributed by atoms with E-state index in [0.29, 0.717) is 5.92 Å². The van der Waals surface area contributed by atoms with Gasteiger partial charge in [-0.05, 0) is 48.2 Å². The molecule has 2 nitrogen and oxygen atoms in total. The molecule has 0 saturated carbocycles. The summed E-state index contributed by atoms with van der Waals surface area (Å²) in [4.78, 5) is 2.42. The number of hydrogen-bond donors (Lipinski definition) is 1. The summed E-state index contributed by atoms with van der Waals surface area (Å²) in [7, 11) is 0. The van der Waals surface area contributed by atoms with Gasteiger partial charge in [0.1, 0.15) is 0 Å². The van der Waals surface area contributed by atoms with E-state index in [1.54, 1.807) is 0 Å². The van der Waals surface area contributed by atoms with E-state index < -0.39 is 0 Å². The highest BCUT2D eigenvalue weighted by Crippen LogP contribution is 2.34. The van der Waals surface area contributed by atoms with Gasteiger partial charge in [0.05, 0.1) is 0 Å². The zero-order valence-electron chi connectivity index (χ0n) is 13.0. The lowest BCUT2D eigenvalue weighted by atomic mass is 10.1. The lowest BCUT2D eigenvalue weighted by molar-refractivity contribution is 0.552. The Morgan fingerprint density at radius 2 is 1.81 bits per heavy atom. The molecule has 110 valence electrons. The molecule has 0 atom stereocenters. The summed E-state index contributed by atoms with van der Waals surface area (Å²) in [6.45, 7) is 7.59. The quantitative estimate of drug-likeness (QED) is 0.886. The summed E-state index contributed by atoms with van der Waals surface area (Å²) in [6, 6.07) is 17.7. The average molecular weight is 280 g/mol. The SMILES string of the molecule is CC(C)CNCc1ccc(N2CCc3ccccc32)cc1. The molecule has 1 aliphatic rings. The number of hydrogen-bond acceptors (Lipinski definition) is 2. The molecule has 2 aromatic rings. The molecule has 0 amide bonds.